The lowest BCUT2D eigenvalue weighted by Crippen LogP contribution is -2.17. The maximum atomic E-state index is 10.8. The topological polar surface area (TPSA) is 93.2 Å². The summed E-state index contributed by atoms with van der Waals surface area (Å²) in [6.07, 6.45) is 2.41. The van der Waals surface area contributed by atoms with Gasteiger partial charge in [-0.15, -0.1) is 10.2 Å². The molecule has 0 aliphatic heterocycles. The predicted molar refractivity (Wildman–Crippen MR) is 66.8 cm³/mol. The largest absolute Gasteiger partial charge is 0.475 e. The number of carboxylic acid groups (broad SMARTS) is 1. The molecule has 0 saturated carbocycles. The first kappa shape index (κ1) is 13.3. The van der Waals surface area contributed by atoms with Gasteiger partial charge < -0.3 is 19.4 Å². The molecule has 0 aliphatic rings. The Morgan fingerprint density at radius 2 is 2.37 bits per heavy atom. The Labute approximate surface area is 110 Å². The fourth-order valence-electron chi connectivity index (χ4n) is 1.79. The molecule has 0 radical (unpaired) electrons. The van der Waals surface area contributed by atoms with Crippen LogP contribution in [0.4, 0.5) is 0 Å². The second-order valence-electron chi connectivity index (χ2n) is 4.31. The Hall–Kier alpha value is -2.15. The van der Waals surface area contributed by atoms with Crippen LogP contribution < -0.4 is 5.32 Å². The first-order valence-electron chi connectivity index (χ1n) is 5.94. The van der Waals surface area contributed by atoms with Crippen molar-refractivity contribution in [3.8, 4) is 0 Å². The fourth-order valence-corrected chi connectivity index (χ4v) is 1.79. The predicted octanol–water partition coefficient (Wildman–Crippen LogP) is 0.747. The number of nitrogens with one attached hydrogen (secondary N) is 1. The number of hydrogen-bond acceptors (Lipinski definition) is 5. The normalized spacial score (nSPS) is 10.8. The van der Waals surface area contributed by atoms with E-state index in [1.807, 2.05) is 11.6 Å². The molecule has 2 N–H and O–H groups in total. The zero-order valence-corrected chi connectivity index (χ0v) is 10.9. The van der Waals surface area contributed by atoms with Crippen LogP contribution in [0.25, 0.3) is 0 Å². The number of carbonyl (C=O) groups is 1. The van der Waals surface area contributed by atoms with Crippen molar-refractivity contribution >= 4 is 5.97 Å². The first-order chi connectivity index (χ1) is 9.08. The number of rotatable bonds is 6. The highest BCUT2D eigenvalue weighted by molar-refractivity contribution is 5.86. The van der Waals surface area contributed by atoms with E-state index >= 15 is 0 Å². The molecule has 2 rings (SSSR count). The maximum Gasteiger partial charge on any atom is 0.372 e. The van der Waals surface area contributed by atoms with E-state index in [0.29, 0.717) is 24.4 Å². The van der Waals surface area contributed by atoms with Crippen molar-refractivity contribution in [1.29, 1.82) is 0 Å². The third-order valence-corrected chi connectivity index (χ3v) is 2.79. The summed E-state index contributed by atoms with van der Waals surface area (Å²) in [7, 11) is 1.89. The molecule has 19 heavy (non-hydrogen) atoms. The van der Waals surface area contributed by atoms with Gasteiger partial charge in [0.05, 0.1) is 6.54 Å². The van der Waals surface area contributed by atoms with Crippen LogP contribution in [0.1, 0.15) is 27.7 Å². The second kappa shape index (κ2) is 5.66. The molecule has 7 heteroatoms. The average Bonchev–Trinajstić information content (AvgIpc) is 2.91. The summed E-state index contributed by atoms with van der Waals surface area (Å²) in [6, 6.07) is 1.73. The van der Waals surface area contributed by atoms with Gasteiger partial charge >= 0.3 is 5.97 Å². The van der Waals surface area contributed by atoms with E-state index in [2.05, 4.69) is 15.5 Å². The number of hydrogen-bond donors (Lipinski definition) is 2. The van der Waals surface area contributed by atoms with Gasteiger partial charge in [-0.05, 0) is 13.0 Å². The minimum Gasteiger partial charge on any atom is -0.475 e. The molecule has 0 atom stereocenters. The summed E-state index contributed by atoms with van der Waals surface area (Å²) in [6.45, 7) is 2.93. The minimum atomic E-state index is -1.04. The number of aromatic carboxylic acids is 1. The van der Waals surface area contributed by atoms with Gasteiger partial charge in [0.2, 0.25) is 5.76 Å². The fraction of sp³-hybridized carbons (Fsp3) is 0.417. The Balaban J connectivity index is 1.81. The van der Waals surface area contributed by atoms with E-state index in [4.69, 9.17) is 9.52 Å². The zero-order valence-electron chi connectivity index (χ0n) is 10.9. The maximum absolute atomic E-state index is 10.8. The number of nitrogens with zero attached hydrogens (tertiary/aromatic N) is 3. The molecule has 0 amide bonds. The van der Waals surface area contributed by atoms with Gasteiger partial charge in [0.25, 0.3) is 0 Å². The van der Waals surface area contributed by atoms with Gasteiger partial charge in [0.15, 0.2) is 0 Å². The van der Waals surface area contributed by atoms with Gasteiger partial charge in [-0.25, -0.2) is 4.79 Å². The molecule has 0 bridgehead atoms. The molecule has 7 nitrogen and oxygen atoms in total. The standard InChI is InChI=1S/C12H16N4O3/c1-8-5-9(19-11(8)12(17)18)6-13-4-3-10-15-14-7-16(10)2/h5,7,13H,3-4,6H2,1-2H3,(H,17,18). The zero-order chi connectivity index (χ0) is 13.8. The van der Waals surface area contributed by atoms with Crippen molar-refractivity contribution in [3.05, 3.63) is 35.3 Å². The second-order valence-corrected chi connectivity index (χ2v) is 4.31. The van der Waals surface area contributed by atoms with Crippen molar-refractivity contribution < 1.29 is 14.3 Å². The van der Waals surface area contributed by atoms with E-state index in [1.54, 1.807) is 19.3 Å². The summed E-state index contributed by atoms with van der Waals surface area (Å²) in [5.41, 5.74) is 0.637. The quantitative estimate of drug-likeness (QED) is 0.748. The van der Waals surface area contributed by atoms with Gasteiger partial charge in [-0.1, -0.05) is 0 Å². The van der Waals surface area contributed by atoms with E-state index < -0.39 is 5.97 Å². The van der Waals surface area contributed by atoms with Crippen molar-refractivity contribution in [1.82, 2.24) is 20.1 Å². The summed E-state index contributed by atoms with van der Waals surface area (Å²) >= 11 is 0. The van der Waals surface area contributed by atoms with Crippen LogP contribution in [0.3, 0.4) is 0 Å². The molecule has 102 valence electrons. The highest BCUT2D eigenvalue weighted by Crippen LogP contribution is 2.14. The smallest absolute Gasteiger partial charge is 0.372 e. The van der Waals surface area contributed by atoms with E-state index in [9.17, 15) is 4.79 Å². The van der Waals surface area contributed by atoms with Crippen LogP contribution in [-0.2, 0) is 20.0 Å². The Kier molecular flexibility index (Phi) is 3.96. The number of aromatic nitrogens is 3. The van der Waals surface area contributed by atoms with E-state index in [0.717, 1.165) is 12.2 Å². The van der Waals surface area contributed by atoms with Gasteiger partial charge in [-0.3, -0.25) is 0 Å². The van der Waals surface area contributed by atoms with Crippen LogP contribution in [0.15, 0.2) is 16.8 Å². The van der Waals surface area contributed by atoms with Crippen LogP contribution in [0.2, 0.25) is 0 Å². The molecule has 2 heterocycles. The van der Waals surface area contributed by atoms with Gasteiger partial charge in [0.1, 0.15) is 17.9 Å². The molecule has 2 aromatic heterocycles. The SMILES string of the molecule is Cc1cc(CNCCc2nncn2C)oc1C(=O)O. The number of carboxylic acids is 1. The number of furan rings is 1. The van der Waals surface area contributed by atoms with Crippen molar-refractivity contribution in [2.45, 2.75) is 19.9 Å². The van der Waals surface area contributed by atoms with Crippen molar-refractivity contribution in [2.24, 2.45) is 7.05 Å². The lowest BCUT2D eigenvalue weighted by atomic mass is 10.2. The third kappa shape index (κ3) is 3.19. The molecule has 0 fully saturated rings. The molecule has 0 unspecified atom stereocenters. The molecular weight excluding hydrogens is 248 g/mol. The summed E-state index contributed by atoms with van der Waals surface area (Å²) in [5.74, 6) is 0.482. The third-order valence-electron chi connectivity index (χ3n) is 2.79. The summed E-state index contributed by atoms with van der Waals surface area (Å²) in [5, 5.41) is 19.8. The average molecular weight is 264 g/mol. The van der Waals surface area contributed by atoms with E-state index in [1.165, 1.54) is 0 Å². The highest BCUT2D eigenvalue weighted by atomic mass is 16.4. The van der Waals surface area contributed by atoms with Crippen LogP contribution in [-0.4, -0.2) is 32.4 Å². The number of aryl methyl sites for hydroxylation is 2. The molecule has 0 spiro atoms. The molecule has 0 aromatic carbocycles. The Morgan fingerprint density at radius 1 is 1.58 bits per heavy atom. The highest BCUT2D eigenvalue weighted by Gasteiger charge is 2.13. The lowest BCUT2D eigenvalue weighted by molar-refractivity contribution is 0.0659. The summed E-state index contributed by atoms with van der Waals surface area (Å²) < 4.78 is 7.10. The Morgan fingerprint density at radius 3 is 2.95 bits per heavy atom. The molecule has 0 saturated heterocycles. The van der Waals surface area contributed by atoms with E-state index in [-0.39, 0.29) is 5.76 Å². The van der Waals surface area contributed by atoms with Gasteiger partial charge in [-0.2, -0.15) is 0 Å². The van der Waals surface area contributed by atoms with Crippen LogP contribution in [0.5, 0.6) is 0 Å². The van der Waals surface area contributed by atoms with Crippen LogP contribution in [0, 0.1) is 6.92 Å². The first-order valence-corrected chi connectivity index (χ1v) is 5.94. The monoisotopic (exact) mass is 264 g/mol. The molecule has 0 aliphatic carbocycles. The van der Waals surface area contributed by atoms with Crippen molar-refractivity contribution in [2.75, 3.05) is 6.54 Å². The summed E-state index contributed by atoms with van der Waals surface area (Å²) in [4.78, 5) is 10.8. The van der Waals surface area contributed by atoms with Gasteiger partial charge in [0, 0.05) is 25.6 Å². The van der Waals surface area contributed by atoms with Crippen LogP contribution >= 0.6 is 0 Å². The molecule has 2 aromatic rings. The minimum absolute atomic E-state index is 0.00472. The Bertz CT molecular complexity index is 573. The molecular formula is C12H16N4O3. The lowest BCUT2D eigenvalue weighted by Gasteiger charge is -2.02. The van der Waals surface area contributed by atoms with Crippen molar-refractivity contribution in [3.63, 3.8) is 0 Å².